The summed E-state index contributed by atoms with van der Waals surface area (Å²) >= 11 is 0. The number of hydrogen-bond acceptors (Lipinski definition) is 3. The van der Waals surface area contributed by atoms with Gasteiger partial charge in [-0.05, 0) is 75.3 Å². The number of hydrogen-bond donors (Lipinski definition) is 0. The first kappa shape index (κ1) is 46.2. The molecule has 7 aromatic carbocycles. The summed E-state index contributed by atoms with van der Waals surface area (Å²) in [5, 5.41) is 2.24. The fourth-order valence-corrected chi connectivity index (χ4v) is 9.63. The van der Waals surface area contributed by atoms with Crippen LogP contribution in [0, 0.1) is 18.2 Å². The summed E-state index contributed by atoms with van der Waals surface area (Å²) in [6, 6.07) is 76.2. The molecule has 340 valence electrons. The zero-order valence-electron chi connectivity index (χ0n) is 39.6. The van der Waals surface area contributed by atoms with Crippen molar-refractivity contribution in [2.24, 2.45) is 0 Å². The van der Waals surface area contributed by atoms with E-state index in [1.54, 1.807) is 0 Å². The normalized spacial score (nSPS) is 11.5. The number of imidazole rings is 1. The molecule has 0 saturated carbocycles. The van der Waals surface area contributed by atoms with Crippen LogP contribution in [0.5, 0.6) is 0 Å². The van der Waals surface area contributed by atoms with Crippen LogP contribution in [0.4, 0.5) is 0 Å². The molecule has 70 heavy (non-hydrogen) atoms. The number of benzene rings is 7. The summed E-state index contributed by atoms with van der Waals surface area (Å²) in [5.74, 6) is 0. The molecule has 4 nitrogen and oxygen atoms in total. The molecule has 11 rings (SSSR count). The number of fused-ring (bicyclic) bond motifs is 3. The van der Waals surface area contributed by atoms with Gasteiger partial charge in [-0.3, -0.25) is 4.98 Å². The zero-order valence-corrected chi connectivity index (χ0v) is 42.0. The van der Waals surface area contributed by atoms with E-state index in [1.165, 1.54) is 55.6 Å². The van der Waals surface area contributed by atoms with Crippen molar-refractivity contribution in [3.63, 3.8) is 0 Å². The van der Waals surface area contributed by atoms with E-state index in [4.69, 9.17) is 9.97 Å². The van der Waals surface area contributed by atoms with E-state index in [-0.39, 0.29) is 25.5 Å². The smallest absolute Gasteiger partial charge is 0.344 e. The van der Waals surface area contributed by atoms with Gasteiger partial charge in [0.15, 0.2) is 0 Å². The molecular formula is C65H51IrN4. The Morgan fingerprint density at radius 3 is 1.73 bits per heavy atom. The summed E-state index contributed by atoms with van der Waals surface area (Å²) < 4.78 is 2.22. The molecule has 0 saturated heterocycles. The Bertz CT molecular complexity index is 3560. The Hall–Kier alpha value is -7.56. The van der Waals surface area contributed by atoms with Crippen LogP contribution in [0.15, 0.2) is 207 Å². The summed E-state index contributed by atoms with van der Waals surface area (Å²) in [4.78, 5) is 14.0. The van der Waals surface area contributed by atoms with Gasteiger partial charge in [0.1, 0.15) is 0 Å². The number of nitrogens with zero attached hydrogens (tertiary/aromatic N) is 4. The quantitative estimate of drug-likeness (QED) is 0.115. The number of pyridine rings is 3. The van der Waals surface area contributed by atoms with Gasteiger partial charge in [0.2, 0.25) is 0 Å². The predicted octanol–water partition coefficient (Wildman–Crippen LogP) is 15.5. The Kier molecular flexibility index (Phi) is 13.3. The van der Waals surface area contributed by atoms with Crippen LogP contribution >= 0.6 is 0 Å². The number of aryl methyl sites for hydroxylation is 4. The van der Waals surface area contributed by atoms with Crippen molar-refractivity contribution in [2.45, 2.75) is 51.9 Å². The van der Waals surface area contributed by atoms with Gasteiger partial charge >= 0.3 is 20.1 Å². The van der Waals surface area contributed by atoms with Gasteiger partial charge in [-0.1, -0.05) is 178 Å². The first-order valence-corrected chi connectivity index (χ1v) is 23.9. The maximum atomic E-state index is 4.76. The van der Waals surface area contributed by atoms with E-state index in [1.807, 2.05) is 48.9 Å². The summed E-state index contributed by atoms with van der Waals surface area (Å²) in [5.41, 5.74) is 20.4. The molecule has 0 bridgehead atoms. The van der Waals surface area contributed by atoms with Crippen LogP contribution in [0.1, 0.15) is 48.7 Å². The van der Waals surface area contributed by atoms with Gasteiger partial charge < -0.3 is 14.4 Å². The molecule has 0 N–H and O–H groups in total. The molecule has 0 unspecified atom stereocenters. The topological polar surface area (TPSA) is 43.1 Å². The molecule has 0 radical (unpaired) electrons. The minimum atomic E-state index is -0.0393. The molecule has 5 heteroatoms. The van der Waals surface area contributed by atoms with Crippen LogP contribution in [0.2, 0.25) is 0 Å². The minimum Gasteiger partial charge on any atom is -0.344 e. The fourth-order valence-electron chi connectivity index (χ4n) is 9.63. The Morgan fingerprint density at radius 1 is 0.429 bits per heavy atom. The first-order valence-electron chi connectivity index (χ1n) is 23.9. The molecule has 0 aliphatic rings. The van der Waals surface area contributed by atoms with E-state index in [9.17, 15) is 0 Å². The van der Waals surface area contributed by atoms with Crippen molar-refractivity contribution in [1.29, 1.82) is 0 Å². The van der Waals surface area contributed by atoms with Gasteiger partial charge in [0.25, 0.3) is 0 Å². The monoisotopic (exact) mass is 1080 g/mol. The van der Waals surface area contributed by atoms with E-state index in [0.29, 0.717) is 0 Å². The average Bonchev–Trinajstić information content (AvgIpc) is 3.90. The standard InChI is InChI=1S/C65H51N4.Ir/c1-65(2,3)63-44-55-40-46(25-33-57(55)64-68-37-38-69(63)64)20-22-48-39-47(21-19-45-23-26-52(27-24-45)61-17-9-11-35-66-61)41-54(42-48)56-15-7-8-16-58(56)59-34-32-53(62-18-10-12-36-67-62)43-60(59)51-30-28-50(29-31-51)49-13-5-4-6-14-49;/h4-18,23-26,28-31,34-44H,19-22H2,1-3H3;/q-3;+3. The fraction of sp³-hybridized carbons (Fsp3) is 0.123. The van der Waals surface area contributed by atoms with E-state index < -0.39 is 0 Å². The Morgan fingerprint density at radius 2 is 1.04 bits per heavy atom. The molecule has 0 spiro atoms. The zero-order chi connectivity index (χ0) is 46.7. The van der Waals surface area contributed by atoms with Crippen LogP contribution < -0.4 is 0 Å². The van der Waals surface area contributed by atoms with Gasteiger partial charge in [0.05, 0.1) is 5.65 Å². The van der Waals surface area contributed by atoms with Crippen LogP contribution in [0.3, 0.4) is 0 Å². The third-order valence-electron chi connectivity index (χ3n) is 13.2. The number of aromatic nitrogens is 4. The second-order valence-corrected chi connectivity index (χ2v) is 19.0. The number of rotatable bonds is 12. The van der Waals surface area contributed by atoms with Gasteiger partial charge in [-0.25, -0.2) is 0 Å². The largest absolute Gasteiger partial charge is 3.00 e. The summed E-state index contributed by atoms with van der Waals surface area (Å²) in [6.45, 7) is 6.79. The first-order chi connectivity index (χ1) is 33.8. The molecule has 0 aliphatic heterocycles. The molecular weight excluding hydrogens is 1030 g/mol. The maximum absolute atomic E-state index is 4.76. The Labute approximate surface area is 425 Å². The van der Waals surface area contributed by atoms with Crippen LogP contribution in [0.25, 0.3) is 83.4 Å². The summed E-state index contributed by atoms with van der Waals surface area (Å²) in [6.07, 6.45) is 11.2. The summed E-state index contributed by atoms with van der Waals surface area (Å²) in [7, 11) is 0. The molecule has 0 fully saturated rings. The average molecular weight is 1080 g/mol. The molecule has 4 heterocycles. The minimum absolute atomic E-state index is 0. The van der Waals surface area contributed by atoms with Gasteiger partial charge in [-0.15, -0.1) is 93.7 Å². The molecule has 0 amide bonds. The predicted molar refractivity (Wildman–Crippen MR) is 284 cm³/mol. The molecule has 0 atom stereocenters. The molecule has 0 aliphatic carbocycles. The second-order valence-electron chi connectivity index (χ2n) is 19.0. The van der Waals surface area contributed by atoms with Crippen molar-refractivity contribution in [3.8, 4) is 67.0 Å². The Balaban J connectivity index is 0.00000567. The van der Waals surface area contributed by atoms with E-state index in [2.05, 4.69) is 206 Å². The second kappa shape index (κ2) is 20.2. The van der Waals surface area contributed by atoms with Crippen molar-refractivity contribution in [1.82, 2.24) is 19.4 Å². The van der Waals surface area contributed by atoms with Crippen LogP contribution in [-0.4, -0.2) is 19.4 Å². The van der Waals surface area contributed by atoms with E-state index in [0.717, 1.165) is 81.5 Å². The van der Waals surface area contributed by atoms with Crippen molar-refractivity contribution in [2.75, 3.05) is 0 Å². The van der Waals surface area contributed by atoms with Crippen molar-refractivity contribution in [3.05, 3.63) is 253 Å². The SMILES string of the molecule is CC(C)(C)c1cc2cc(CCc3cc(CCc4c[c-]c(-c5ccccn5)cc4)cc(-c4ccccc4-c4c[c-]c(-c5ccccn5)cc4-c4ccc(-c5ccccc5)cc4)c3)c[c-]c2c2nccn12.[Ir+3]. The van der Waals surface area contributed by atoms with Gasteiger partial charge in [-0.2, -0.15) is 0 Å². The molecule has 4 aromatic heterocycles. The molecule has 11 aromatic rings. The van der Waals surface area contributed by atoms with E-state index >= 15 is 0 Å². The third kappa shape index (κ3) is 9.82. The maximum Gasteiger partial charge on any atom is 3.00 e. The van der Waals surface area contributed by atoms with Crippen molar-refractivity contribution < 1.29 is 20.1 Å². The third-order valence-corrected chi connectivity index (χ3v) is 13.2. The van der Waals surface area contributed by atoms with Gasteiger partial charge in [0, 0.05) is 35.9 Å². The van der Waals surface area contributed by atoms with Crippen molar-refractivity contribution >= 4 is 16.4 Å². The van der Waals surface area contributed by atoms with Crippen LogP contribution in [-0.2, 0) is 51.2 Å².